The zero-order valence-electron chi connectivity index (χ0n) is 15.2. The first kappa shape index (κ1) is 23.1. The van der Waals surface area contributed by atoms with E-state index in [4.69, 9.17) is 10.5 Å². The normalized spacial score (nSPS) is 12.8. The maximum absolute atomic E-state index is 9.86. The van der Waals surface area contributed by atoms with Gasteiger partial charge in [-0.2, -0.15) is 0 Å². The number of nitrogens with two attached hydrogens (primary N) is 1. The average Bonchev–Trinajstić information content (AvgIpc) is 2.52. The fourth-order valence-corrected chi connectivity index (χ4v) is 2.27. The van der Waals surface area contributed by atoms with Crippen molar-refractivity contribution >= 4 is 35.6 Å². The number of hydrogen-bond acceptors (Lipinski definition) is 3. The maximum atomic E-state index is 9.86. The highest BCUT2D eigenvalue weighted by Crippen LogP contribution is 2.22. The second-order valence-corrected chi connectivity index (χ2v) is 6.09. The van der Waals surface area contributed by atoms with Crippen LogP contribution < -0.4 is 11.1 Å². The number of anilines is 1. The third-order valence-electron chi connectivity index (χ3n) is 3.49. The fraction of sp³-hybridized carbons (Fsp3) is 0.611. The summed E-state index contributed by atoms with van der Waals surface area (Å²) in [6.07, 6.45) is 1.21. The molecule has 0 aromatic heterocycles. The Balaban J connectivity index is 0.00000529. The number of aliphatic hydroxyl groups is 1. The van der Waals surface area contributed by atoms with E-state index in [0.29, 0.717) is 18.5 Å². The first-order chi connectivity index (χ1) is 11.0. The Labute approximate surface area is 163 Å². The minimum absolute atomic E-state index is 0. The molecule has 6 heteroatoms. The summed E-state index contributed by atoms with van der Waals surface area (Å²) in [7, 11) is 0. The van der Waals surface area contributed by atoms with E-state index < -0.39 is 6.10 Å². The standard InChI is InChI=1S/C18H31N3O2.HI/c1-5-14-8-7-9-15(6-2)17(14)21-18(19)20-10-16(22)12-23-11-13(3)4;/h7-9,13,16,22H,5-6,10-12H2,1-4H3,(H3,19,20,21);1H. The Morgan fingerprint density at radius 2 is 1.79 bits per heavy atom. The second kappa shape index (κ2) is 12.5. The van der Waals surface area contributed by atoms with Gasteiger partial charge >= 0.3 is 0 Å². The van der Waals surface area contributed by atoms with Crippen molar-refractivity contribution in [1.82, 2.24) is 0 Å². The van der Waals surface area contributed by atoms with Gasteiger partial charge in [-0.25, -0.2) is 0 Å². The molecule has 0 aliphatic rings. The van der Waals surface area contributed by atoms with Crippen LogP contribution in [-0.2, 0) is 17.6 Å². The van der Waals surface area contributed by atoms with E-state index in [1.165, 1.54) is 11.1 Å². The summed E-state index contributed by atoms with van der Waals surface area (Å²) in [4.78, 5) is 4.22. The summed E-state index contributed by atoms with van der Waals surface area (Å²) in [5.41, 5.74) is 9.42. The molecule has 0 saturated carbocycles. The number of aliphatic hydroxyl groups excluding tert-OH is 1. The lowest BCUT2D eigenvalue weighted by atomic mass is 10.0. The zero-order valence-corrected chi connectivity index (χ0v) is 17.5. The molecule has 4 N–H and O–H groups in total. The van der Waals surface area contributed by atoms with Gasteiger partial charge in [-0.05, 0) is 29.9 Å². The number of aryl methyl sites for hydroxylation is 2. The van der Waals surface area contributed by atoms with Crippen molar-refractivity contribution in [3.8, 4) is 0 Å². The summed E-state index contributed by atoms with van der Waals surface area (Å²) < 4.78 is 5.40. The lowest BCUT2D eigenvalue weighted by Gasteiger charge is -2.15. The van der Waals surface area contributed by atoms with Crippen molar-refractivity contribution < 1.29 is 9.84 Å². The number of para-hydroxylation sites is 1. The van der Waals surface area contributed by atoms with Crippen LogP contribution in [0.5, 0.6) is 0 Å². The topological polar surface area (TPSA) is 79.9 Å². The monoisotopic (exact) mass is 449 g/mol. The summed E-state index contributed by atoms with van der Waals surface area (Å²) >= 11 is 0. The summed E-state index contributed by atoms with van der Waals surface area (Å²) in [6, 6.07) is 6.23. The van der Waals surface area contributed by atoms with Gasteiger partial charge in [0.05, 0.1) is 19.3 Å². The molecule has 0 saturated heterocycles. The Morgan fingerprint density at radius 1 is 1.21 bits per heavy atom. The smallest absolute Gasteiger partial charge is 0.193 e. The molecule has 0 aliphatic carbocycles. The van der Waals surface area contributed by atoms with Gasteiger partial charge in [-0.3, -0.25) is 4.99 Å². The number of aliphatic imine (C=N–C) groups is 1. The van der Waals surface area contributed by atoms with Gasteiger partial charge < -0.3 is 20.9 Å². The van der Waals surface area contributed by atoms with E-state index in [1.54, 1.807) is 0 Å². The Bertz CT molecular complexity index is 485. The van der Waals surface area contributed by atoms with Gasteiger partial charge in [-0.15, -0.1) is 24.0 Å². The van der Waals surface area contributed by atoms with Gasteiger partial charge in [0, 0.05) is 12.3 Å². The molecule has 24 heavy (non-hydrogen) atoms. The van der Waals surface area contributed by atoms with Gasteiger partial charge in [0.2, 0.25) is 0 Å². The van der Waals surface area contributed by atoms with Gasteiger partial charge in [0.1, 0.15) is 0 Å². The van der Waals surface area contributed by atoms with Crippen LogP contribution in [0.2, 0.25) is 0 Å². The molecular formula is C18H32IN3O2. The first-order valence-corrected chi connectivity index (χ1v) is 8.41. The van der Waals surface area contributed by atoms with Gasteiger partial charge in [-0.1, -0.05) is 45.9 Å². The third-order valence-corrected chi connectivity index (χ3v) is 3.49. The van der Waals surface area contributed by atoms with Crippen molar-refractivity contribution in [1.29, 1.82) is 0 Å². The molecule has 0 radical (unpaired) electrons. The highest BCUT2D eigenvalue weighted by molar-refractivity contribution is 14.0. The average molecular weight is 449 g/mol. The van der Waals surface area contributed by atoms with E-state index in [0.717, 1.165) is 18.5 Å². The molecule has 1 aromatic rings. The van der Waals surface area contributed by atoms with E-state index in [-0.39, 0.29) is 37.1 Å². The van der Waals surface area contributed by atoms with Gasteiger partial charge in [0.15, 0.2) is 5.96 Å². The number of rotatable bonds is 9. The SMILES string of the molecule is CCc1cccc(CC)c1NC(N)=NCC(O)COCC(C)C.I. The predicted molar refractivity (Wildman–Crippen MR) is 112 cm³/mol. The predicted octanol–water partition coefficient (Wildman–Crippen LogP) is 3.19. The number of benzene rings is 1. The third kappa shape index (κ3) is 8.30. The fourth-order valence-electron chi connectivity index (χ4n) is 2.27. The maximum Gasteiger partial charge on any atom is 0.193 e. The molecule has 1 aromatic carbocycles. The van der Waals surface area contributed by atoms with E-state index in [9.17, 15) is 5.11 Å². The van der Waals surface area contributed by atoms with E-state index >= 15 is 0 Å². The molecule has 1 atom stereocenters. The molecule has 0 amide bonds. The van der Waals surface area contributed by atoms with Crippen LogP contribution in [0.3, 0.4) is 0 Å². The summed E-state index contributed by atoms with van der Waals surface area (Å²) in [5.74, 6) is 0.777. The molecule has 1 rings (SSSR count). The van der Waals surface area contributed by atoms with Crippen LogP contribution in [0.15, 0.2) is 23.2 Å². The highest BCUT2D eigenvalue weighted by atomic mass is 127. The number of nitrogens with one attached hydrogen (secondary N) is 1. The largest absolute Gasteiger partial charge is 0.389 e. The molecule has 0 spiro atoms. The molecule has 5 nitrogen and oxygen atoms in total. The van der Waals surface area contributed by atoms with Crippen molar-refractivity contribution in [3.05, 3.63) is 29.3 Å². The zero-order chi connectivity index (χ0) is 17.2. The highest BCUT2D eigenvalue weighted by Gasteiger charge is 2.08. The Kier molecular flexibility index (Phi) is 12.0. The number of hydrogen-bond donors (Lipinski definition) is 3. The lowest BCUT2D eigenvalue weighted by Crippen LogP contribution is -2.27. The number of nitrogens with zero attached hydrogens (tertiary/aromatic N) is 1. The minimum atomic E-state index is -0.638. The van der Waals surface area contributed by atoms with Crippen LogP contribution in [0, 0.1) is 5.92 Å². The van der Waals surface area contributed by atoms with Crippen LogP contribution in [-0.4, -0.2) is 36.9 Å². The van der Waals surface area contributed by atoms with Crippen molar-refractivity contribution in [2.24, 2.45) is 16.6 Å². The first-order valence-electron chi connectivity index (χ1n) is 8.41. The molecule has 0 bridgehead atoms. The number of guanidine groups is 1. The second-order valence-electron chi connectivity index (χ2n) is 6.09. The van der Waals surface area contributed by atoms with Crippen molar-refractivity contribution in [2.45, 2.75) is 46.6 Å². The Morgan fingerprint density at radius 3 is 2.29 bits per heavy atom. The van der Waals surface area contributed by atoms with Crippen molar-refractivity contribution in [2.75, 3.05) is 25.1 Å². The van der Waals surface area contributed by atoms with Crippen LogP contribution in [0.4, 0.5) is 5.69 Å². The Hall–Kier alpha value is -0.860. The van der Waals surface area contributed by atoms with Crippen LogP contribution in [0.25, 0.3) is 0 Å². The van der Waals surface area contributed by atoms with E-state index in [2.05, 4.69) is 56.2 Å². The summed E-state index contributed by atoms with van der Waals surface area (Å²) in [6.45, 7) is 9.52. The molecule has 138 valence electrons. The minimum Gasteiger partial charge on any atom is -0.389 e. The molecular weight excluding hydrogens is 417 g/mol. The summed E-state index contributed by atoms with van der Waals surface area (Å²) in [5, 5.41) is 13.0. The molecule has 0 fully saturated rings. The quantitative estimate of drug-likeness (QED) is 0.307. The number of halogens is 1. The van der Waals surface area contributed by atoms with Crippen LogP contribution in [0.1, 0.15) is 38.8 Å². The molecule has 0 aliphatic heterocycles. The molecule has 1 unspecified atom stereocenters. The lowest BCUT2D eigenvalue weighted by molar-refractivity contribution is 0.0302. The van der Waals surface area contributed by atoms with Gasteiger partial charge in [0.25, 0.3) is 0 Å². The van der Waals surface area contributed by atoms with E-state index in [1.807, 2.05) is 0 Å². The number of ether oxygens (including phenoxy) is 1. The molecule has 0 heterocycles. The van der Waals surface area contributed by atoms with Crippen molar-refractivity contribution in [3.63, 3.8) is 0 Å². The van der Waals surface area contributed by atoms with Crippen LogP contribution >= 0.6 is 24.0 Å².